The lowest BCUT2D eigenvalue weighted by Gasteiger charge is -2.05. The molecule has 13 heavy (non-hydrogen) atoms. The summed E-state index contributed by atoms with van der Waals surface area (Å²) in [6.07, 6.45) is 0. The average Bonchev–Trinajstić information content (AvgIpc) is 2.08. The van der Waals surface area contributed by atoms with E-state index >= 15 is 0 Å². The van der Waals surface area contributed by atoms with Crippen molar-refractivity contribution in [3.8, 4) is 5.75 Å². The van der Waals surface area contributed by atoms with E-state index in [1.165, 1.54) is 0 Å². The van der Waals surface area contributed by atoms with E-state index in [4.69, 9.17) is 16.3 Å². The first-order valence-corrected chi connectivity index (χ1v) is 4.36. The second-order valence-corrected chi connectivity index (χ2v) is 3.07. The lowest BCUT2D eigenvalue weighted by molar-refractivity contribution is 0.243. The summed E-state index contributed by atoms with van der Waals surface area (Å²) >= 11 is 9.17. The molecule has 5 heteroatoms. The number of carbonyl (C=O) groups excluding carboxylic acids is 1. The number of amides is 1. The van der Waals surface area contributed by atoms with Crippen LogP contribution in [0.2, 0.25) is 5.02 Å². The summed E-state index contributed by atoms with van der Waals surface area (Å²) in [6.45, 7) is 0.101. The van der Waals surface area contributed by atoms with Gasteiger partial charge in [0.05, 0.1) is 0 Å². The van der Waals surface area contributed by atoms with Crippen molar-refractivity contribution in [3.05, 3.63) is 29.3 Å². The van der Waals surface area contributed by atoms with E-state index in [-0.39, 0.29) is 6.73 Å². The van der Waals surface area contributed by atoms with Crippen LogP contribution >= 0.6 is 24.2 Å². The Balaban J connectivity index is 2.37. The van der Waals surface area contributed by atoms with E-state index in [0.29, 0.717) is 10.8 Å². The number of hydrogen-bond donors (Lipinski definition) is 2. The Kier molecular flexibility index (Phi) is 3.92. The van der Waals surface area contributed by atoms with Crippen LogP contribution in [0.4, 0.5) is 4.79 Å². The van der Waals surface area contributed by atoms with Crippen LogP contribution in [0.3, 0.4) is 0 Å². The van der Waals surface area contributed by atoms with Crippen molar-refractivity contribution in [1.29, 1.82) is 0 Å². The molecule has 3 nitrogen and oxygen atoms in total. The molecule has 0 aliphatic heterocycles. The Morgan fingerprint density at radius 3 is 2.62 bits per heavy atom. The highest BCUT2D eigenvalue weighted by molar-refractivity contribution is 7.96. The lowest BCUT2D eigenvalue weighted by atomic mass is 10.3. The van der Waals surface area contributed by atoms with Gasteiger partial charge in [-0.15, -0.1) is 0 Å². The first-order valence-electron chi connectivity index (χ1n) is 3.53. The summed E-state index contributed by atoms with van der Waals surface area (Å²) in [5.74, 6) is 0.645. The minimum Gasteiger partial charge on any atom is -0.473 e. The predicted octanol–water partition coefficient (Wildman–Crippen LogP) is 2.32. The maximum atomic E-state index is 10.3. The van der Waals surface area contributed by atoms with Gasteiger partial charge in [-0.3, -0.25) is 4.79 Å². The molecule has 0 unspecified atom stereocenters. The zero-order valence-corrected chi connectivity index (χ0v) is 8.31. The SMILES string of the molecule is O=C(S)NCOc1ccc(Cl)cc1. The predicted molar refractivity (Wildman–Crippen MR) is 54.5 cm³/mol. The van der Waals surface area contributed by atoms with Gasteiger partial charge in [-0.2, -0.15) is 0 Å². The van der Waals surface area contributed by atoms with Crippen LogP contribution in [0.25, 0.3) is 0 Å². The highest BCUT2D eigenvalue weighted by Gasteiger charge is 1.94. The van der Waals surface area contributed by atoms with Crippen molar-refractivity contribution in [2.45, 2.75) is 0 Å². The van der Waals surface area contributed by atoms with Gasteiger partial charge in [0.1, 0.15) is 5.75 Å². The Hall–Kier alpha value is -0.870. The summed E-state index contributed by atoms with van der Waals surface area (Å²) in [7, 11) is 0. The third-order valence-electron chi connectivity index (χ3n) is 1.28. The van der Waals surface area contributed by atoms with E-state index in [2.05, 4.69) is 17.9 Å². The molecule has 0 spiro atoms. The fourth-order valence-corrected chi connectivity index (χ4v) is 0.903. The zero-order chi connectivity index (χ0) is 9.68. The van der Waals surface area contributed by atoms with Gasteiger partial charge in [0.25, 0.3) is 5.24 Å². The highest BCUT2D eigenvalue weighted by Crippen LogP contribution is 2.14. The van der Waals surface area contributed by atoms with Gasteiger partial charge in [-0.1, -0.05) is 24.2 Å². The number of rotatable bonds is 3. The van der Waals surface area contributed by atoms with E-state index < -0.39 is 5.24 Å². The van der Waals surface area contributed by atoms with Gasteiger partial charge in [0.15, 0.2) is 6.73 Å². The second-order valence-electron chi connectivity index (χ2n) is 2.22. The van der Waals surface area contributed by atoms with Gasteiger partial charge in [0.2, 0.25) is 0 Å². The number of nitrogens with one attached hydrogen (secondary N) is 1. The standard InChI is InChI=1S/C8H8ClNO2S/c9-6-1-3-7(4-2-6)12-5-10-8(11)13/h1-4H,5H2,(H2,10,11,13). The van der Waals surface area contributed by atoms with Crippen molar-refractivity contribution in [2.75, 3.05) is 6.73 Å². The molecule has 70 valence electrons. The first-order chi connectivity index (χ1) is 6.18. The van der Waals surface area contributed by atoms with Crippen LogP contribution in [0.1, 0.15) is 0 Å². The quantitative estimate of drug-likeness (QED) is 0.603. The van der Waals surface area contributed by atoms with Crippen LogP contribution in [0.5, 0.6) is 5.75 Å². The zero-order valence-electron chi connectivity index (χ0n) is 6.66. The van der Waals surface area contributed by atoms with Gasteiger partial charge in [-0.05, 0) is 24.3 Å². The number of hydrogen-bond acceptors (Lipinski definition) is 2. The minimum absolute atomic E-state index is 0.101. The molecule has 0 heterocycles. The van der Waals surface area contributed by atoms with Crippen molar-refractivity contribution < 1.29 is 9.53 Å². The maximum absolute atomic E-state index is 10.3. The second kappa shape index (κ2) is 4.99. The van der Waals surface area contributed by atoms with Crippen LogP contribution in [-0.2, 0) is 0 Å². The molecule has 0 fully saturated rings. The van der Waals surface area contributed by atoms with Crippen LogP contribution in [0.15, 0.2) is 24.3 Å². The minimum atomic E-state index is -0.422. The molecule has 1 rings (SSSR count). The van der Waals surface area contributed by atoms with Gasteiger partial charge in [0, 0.05) is 5.02 Å². The number of thiol groups is 1. The van der Waals surface area contributed by atoms with E-state index in [0.717, 1.165) is 0 Å². The van der Waals surface area contributed by atoms with Gasteiger partial charge in [-0.25, -0.2) is 0 Å². The van der Waals surface area contributed by atoms with Crippen LogP contribution in [0, 0.1) is 0 Å². The topological polar surface area (TPSA) is 38.3 Å². The fraction of sp³-hybridized carbons (Fsp3) is 0.125. The molecular weight excluding hydrogens is 210 g/mol. The Morgan fingerprint density at radius 1 is 1.46 bits per heavy atom. The molecule has 0 aromatic heterocycles. The third-order valence-corrected chi connectivity index (χ3v) is 1.69. The molecule has 1 aromatic carbocycles. The molecule has 0 aliphatic carbocycles. The number of carbonyl (C=O) groups is 1. The van der Waals surface area contributed by atoms with Crippen molar-refractivity contribution >= 4 is 29.5 Å². The summed E-state index contributed by atoms with van der Waals surface area (Å²) in [4.78, 5) is 10.3. The summed E-state index contributed by atoms with van der Waals surface area (Å²) in [5.41, 5.74) is 0. The van der Waals surface area contributed by atoms with E-state index in [1.807, 2.05) is 0 Å². The van der Waals surface area contributed by atoms with Crippen LogP contribution in [-0.4, -0.2) is 12.0 Å². The van der Waals surface area contributed by atoms with E-state index in [9.17, 15) is 4.79 Å². The largest absolute Gasteiger partial charge is 0.473 e. The number of benzene rings is 1. The van der Waals surface area contributed by atoms with E-state index in [1.54, 1.807) is 24.3 Å². The smallest absolute Gasteiger partial charge is 0.278 e. The molecule has 0 radical (unpaired) electrons. The Labute approximate surface area is 86.4 Å². The average molecular weight is 218 g/mol. The van der Waals surface area contributed by atoms with Gasteiger partial charge < -0.3 is 10.1 Å². The molecule has 0 atom stereocenters. The summed E-state index contributed by atoms with van der Waals surface area (Å²) in [6, 6.07) is 6.85. The molecular formula is C8H8ClNO2S. The highest BCUT2D eigenvalue weighted by atomic mass is 35.5. The monoisotopic (exact) mass is 217 g/mol. The van der Waals surface area contributed by atoms with Crippen LogP contribution < -0.4 is 10.1 Å². The summed E-state index contributed by atoms with van der Waals surface area (Å²) < 4.78 is 5.13. The molecule has 1 amide bonds. The molecule has 0 saturated carbocycles. The molecule has 1 N–H and O–H groups in total. The molecule has 1 aromatic rings. The molecule has 0 aliphatic rings. The summed E-state index contributed by atoms with van der Waals surface area (Å²) in [5, 5.41) is 2.60. The maximum Gasteiger partial charge on any atom is 0.278 e. The molecule has 0 bridgehead atoms. The number of ether oxygens (including phenoxy) is 1. The van der Waals surface area contributed by atoms with Gasteiger partial charge >= 0.3 is 0 Å². The normalized spacial score (nSPS) is 9.38. The Bertz CT molecular complexity index is 289. The molecule has 0 saturated heterocycles. The lowest BCUT2D eigenvalue weighted by Crippen LogP contribution is -2.22. The Morgan fingerprint density at radius 2 is 2.08 bits per heavy atom. The van der Waals surface area contributed by atoms with Crippen molar-refractivity contribution in [2.24, 2.45) is 0 Å². The fourth-order valence-electron chi connectivity index (χ4n) is 0.712. The number of halogens is 1. The first kappa shape index (κ1) is 10.2. The van der Waals surface area contributed by atoms with Crippen molar-refractivity contribution in [1.82, 2.24) is 5.32 Å². The van der Waals surface area contributed by atoms with Crippen molar-refractivity contribution in [3.63, 3.8) is 0 Å². The third kappa shape index (κ3) is 4.05.